The summed E-state index contributed by atoms with van der Waals surface area (Å²) in [6.07, 6.45) is 6.13. The third kappa shape index (κ3) is 3.68. The van der Waals surface area contributed by atoms with Gasteiger partial charge in [0.2, 0.25) is 11.9 Å². The Balaban J connectivity index is 2.16. The van der Waals surface area contributed by atoms with Crippen molar-refractivity contribution in [2.75, 3.05) is 24.3 Å². The normalized spacial score (nSPS) is 17.8. The van der Waals surface area contributed by atoms with Crippen molar-refractivity contribution >= 4 is 11.9 Å². The van der Waals surface area contributed by atoms with Crippen molar-refractivity contribution in [1.82, 2.24) is 15.0 Å². The van der Waals surface area contributed by atoms with E-state index < -0.39 is 0 Å². The summed E-state index contributed by atoms with van der Waals surface area (Å²) in [7, 11) is 1.79. The van der Waals surface area contributed by atoms with Crippen LogP contribution in [0, 0.1) is 0 Å². The smallest absolute Gasteiger partial charge is 0.323 e. The summed E-state index contributed by atoms with van der Waals surface area (Å²) in [5.74, 6) is 1.12. The van der Waals surface area contributed by atoms with Gasteiger partial charge in [-0.2, -0.15) is 15.0 Å². The van der Waals surface area contributed by atoms with Crippen molar-refractivity contribution < 1.29 is 4.74 Å². The predicted molar refractivity (Wildman–Crippen MR) is 75.7 cm³/mol. The summed E-state index contributed by atoms with van der Waals surface area (Å²) in [6, 6.07) is 0.365. The van der Waals surface area contributed by atoms with Gasteiger partial charge in [-0.25, -0.2) is 0 Å². The van der Waals surface area contributed by atoms with E-state index in [0.29, 0.717) is 24.5 Å². The number of aromatic nitrogens is 3. The first-order valence-electron chi connectivity index (χ1n) is 7.00. The first-order chi connectivity index (χ1) is 9.15. The highest BCUT2D eigenvalue weighted by atomic mass is 16.5. The molecule has 1 aliphatic carbocycles. The molecule has 1 saturated carbocycles. The number of hydrogen-bond acceptors (Lipinski definition) is 6. The lowest BCUT2D eigenvalue weighted by atomic mass is 9.83. The fraction of sp³-hybridized carbons (Fsp3) is 0.769. The molecule has 0 bridgehead atoms. The maximum Gasteiger partial charge on any atom is 0.323 e. The molecule has 0 atom stereocenters. The molecule has 2 rings (SSSR count). The number of nitrogens with one attached hydrogen (secondary N) is 2. The zero-order chi connectivity index (χ0) is 13.7. The van der Waals surface area contributed by atoms with E-state index in [2.05, 4.69) is 32.5 Å². The highest BCUT2D eigenvalue weighted by molar-refractivity contribution is 5.37. The molecule has 1 heterocycles. The zero-order valence-electron chi connectivity index (χ0n) is 12.0. The largest absolute Gasteiger partial charge is 0.464 e. The molecule has 106 valence electrons. The first kappa shape index (κ1) is 13.8. The van der Waals surface area contributed by atoms with Crippen LogP contribution in [-0.2, 0) is 0 Å². The predicted octanol–water partition coefficient (Wildman–Crippen LogP) is 2.45. The van der Waals surface area contributed by atoms with Gasteiger partial charge >= 0.3 is 6.01 Å². The van der Waals surface area contributed by atoms with Gasteiger partial charge in [0.05, 0.1) is 6.61 Å². The van der Waals surface area contributed by atoms with E-state index >= 15 is 0 Å². The second-order valence-electron chi connectivity index (χ2n) is 5.19. The molecule has 19 heavy (non-hydrogen) atoms. The van der Waals surface area contributed by atoms with Gasteiger partial charge in [-0.3, -0.25) is 0 Å². The molecular weight excluding hydrogens is 242 g/mol. The number of ether oxygens (including phenoxy) is 1. The Morgan fingerprint density at radius 3 is 2.42 bits per heavy atom. The third-order valence-corrected chi connectivity index (χ3v) is 3.48. The molecule has 6 heteroatoms. The van der Waals surface area contributed by atoms with Crippen molar-refractivity contribution in [2.45, 2.75) is 51.5 Å². The molecule has 0 aliphatic heterocycles. The van der Waals surface area contributed by atoms with E-state index in [0.717, 1.165) is 12.8 Å². The molecule has 2 N–H and O–H groups in total. The monoisotopic (exact) mass is 265 g/mol. The lowest BCUT2D eigenvalue weighted by molar-refractivity contribution is 0.310. The van der Waals surface area contributed by atoms with Crippen molar-refractivity contribution in [3.05, 3.63) is 0 Å². The molecule has 1 aromatic rings. The second kappa shape index (κ2) is 6.04. The average molecular weight is 265 g/mol. The fourth-order valence-corrected chi connectivity index (χ4v) is 2.44. The number of rotatable bonds is 5. The molecule has 6 nitrogen and oxygen atoms in total. The maximum atomic E-state index is 5.37. The van der Waals surface area contributed by atoms with E-state index in [1.54, 1.807) is 7.05 Å². The molecule has 0 radical (unpaired) electrons. The molecule has 0 spiro atoms. The SMILES string of the molecule is CCOc1nc(NC)nc(NC2(C)CCCCC2)n1. The molecule has 0 aromatic carbocycles. The summed E-state index contributed by atoms with van der Waals surface area (Å²) < 4.78 is 5.37. The minimum Gasteiger partial charge on any atom is -0.464 e. The van der Waals surface area contributed by atoms with E-state index in [1.807, 2.05) is 6.92 Å². The second-order valence-corrected chi connectivity index (χ2v) is 5.19. The summed E-state index contributed by atoms with van der Waals surface area (Å²) in [6.45, 7) is 4.69. The maximum absolute atomic E-state index is 5.37. The molecule has 1 aliphatic rings. The Kier molecular flexibility index (Phi) is 4.39. The molecule has 1 aromatic heterocycles. The first-order valence-corrected chi connectivity index (χ1v) is 7.00. The number of hydrogen-bond donors (Lipinski definition) is 2. The van der Waals surface area contributed by atoms with Gasteiger partial charge in [-0.1, -0.05) is 19.3 Å². The van der Waals surface area contributed by atoms with Crippen molar-refractivity contribution in [3.63, 3.8) is 0 Å². The minimum absolute atomic E-state index is 0.0775. The molecule has 0 amide bonds. The van der Waals surface area contributed by atoms with E-state index in [1.165, 1.54) is 19.3 Å². The van der Waals surface area contributed by atoms with Crippen molar-refractivity contribution in [3.8, 4) is 6.01 Å². The van der Waals surface area contributed by atoms with Crippen LogP contribution in [0.4, 0.5) is 11.9 Å². The van der Waals surface area contributed by atoms with E-state index in [-0.39, 0.29) is 5.54 Å². The summed E-state index contributed by atoms with van der Waals surface area (Å²) in [5.41, 5.74) is 0.0775. The molecule has 0 saturated heterocycles. The van der Waals surface area contributed by atoms with Crippen molar-refractivity contribution in [2.24, 2.45) is 0 Å². The number of nitrogens with zero attached hydrogens (tertiary/aromatic N) is 3. The summed E-state index contributed by atoms with van der Waals surface area (Å²) >= 11 is 0. The highest BCUT2D eigenvalue weighted by Crippen LogP contribution is 2.30. The topological polar surface area (TPSA) is 72.0 Å². The summed E-state index contributed by atoms with van der Waals surface area (Å²) in [4.78, 5) is 12.8. The van der Waals surface area contributed by atoms with E-state index in [4.69, 9.17) is 4.74 Å². The van der Waals surface area contributed by atoms with Gasteiger partial charge in [-0.05, 0) is 26.7 Å². The average Bonchev–Trinajstić information content (AvgIpc) is 2.39. The van der Waals surface area contributed by atoms with Gasteiger partial charge in [0, 0.05) is 12.6 Å². The van der Waals surface area contributed by atoms with Gasteiger partial charge in [-0.15, -0.1) is 0 Å². The Labute approximate surface area is 114 Å². The minimum atomic E-state index is 0.0775. The third-order valence-electron chi connectivity index (χ3n) is 3.48. The molecule has 1 fully saturated rings. The van der Waals surface area contributed by atoms with Crippen LogP contribution in [0.2, 0.25) is 0 Å². The van der Waals surface area contributed by atoms with Gasteiger partial charge in [0.1, 0.15) is 0 Å². The van der Waals surface area contributed by atoms with Gasteiger partial charge < -0.3 is 15.4 Å². The summed E-state index contributed by atoms with van der Waals surface area (Å²) in [5, 5.41) is 6.38. The van der Waals surface area contributed by atoms with Crippen LogP contribution in [0.25, 0.3) is 0 Å². The lowest BCUT2D eigenvalue weighted by Gasteiger charge is -2.34. The van der Waals surface area contributed by atoms with Crippen LogP contribution in [0.3, 0.4) is 0 Å². The van der Waals surface area contributed by atoms with Crippen molar-refractivity contribution in [1.29, 1.82) is 0 Å². The van der Waals surface area contributed by atoms with Crippen LogP contribution in [0.1, 0.15) is 46.0 Å². The number of anilines is 2. The van der Waals surface area contributed by atoms with Crippen LogP contribution >= 0.6 is 0 Å². The fourth-order valence-electron chi connectivity index (χ4n) is 2.44. The van der Waals surface area contributed by atoms with Gasteiger partial charge in [0.25, 0.3) is 0 Å². The van der Waals surface area contributed by atoms with E-state index in [9.17, 15) is 0 Å². The van der Waals surface area contributed by atoms with Crippen LogP contribution < -0.4 is 15.4 Å². The Hall–Kier alpha value is -1.59. The van der Waals surface area contributed by atoms with Gasteiger partial charge in [0.15, 0.2) is 0 Å². The quantitative estimate of drug-likeness (QED) is 0.852. The highest BCUT2D eigenvalue weighted by Gasteiger charge is 2.27. The van der Waals surface area contributed by atoms with Crippen LogP contribution in [0.15, 0.2) is 0 Å². The Morgan fingerprint density at radius 2 is 1.79 bits per heavy atom. The Morgan fingerprint density at radius 1 is 1.11 bits per heavy atom. The zero-order valence-corrected chi connectivity index (χ0v) is 12.0. The Bertz CT molecular complexity index is 417. The molecular formula is C13H23N5O. The lowest BCUT2D eigenvalue weighted by Crippen LogP contribution is -2.37. The standard InChI is InChI=1S/C13H23N5O/c1-4-19-12-16-10(14-3)15-11(17-12)18-13(2)8-6-5-7-9-13/h4-9H2,1-3H3,(H2,14,15,16,17,18). The molecule has 0 unspecified atom stereocenters. The van der Waals surface area contributed by atoms with Crippen LogP contribution in [-0.4, -0.2) is 34.1 Å². The van der Waals surface area contributed by atoms with Crippen LogP contribution in [0.5, 0.6) is 6.01 Å².